The van der Waals surface area contributed by atoms with E-state index in [0.29, 0.717) is 17.3 Å². The molecule has 4 aromatic rings. The Bertz CT molecular complexity index is 1360. The average Bonchev–Trinajstić information content (AvgIpc) is 3.44. The summed E-state index contributed by atoms with van der Waals surface area (Å²) in [5.74, 6) is -1.13. The molecule has 0 spiro atoms. The Morgan fingerprint density at radius 1 is 1.18 bits per heavy atom. The van der Waals surface area contributed by atoms with Crippen LogP contribution in [0.25, 0.3) is 15.9 Å². The Balaban J connectivity index is 1.66. The molecule has 4 N–H and O–H groups in total. The molecule has 0 radical (unpaired) electrons. The van der Waals surface area contributed by atoms with Crippen molar-refractivity contribution in [1.82, 2.24) is 20.1 Å². The van der Waals surface area contributed by atoms with Gasteiger partial charge in [0.05, 0.1) is 27.5 Å². The van der Waals surface area contributed by atoms with Crippen molar-refractivity contribution in [2.24, 2.45) is 5.73 Å². The van der Waals surface area contributed by atoms with Crippen LogP contribution in [-0.2, 0) is 17.5 Å². The van der Waals surface area contributed by atoms with Crippen LogP contribution in [-0.4, -0.2) is 32.6 Å². The second kappa shape index (κ2) is 9.23. The van der Waals surface area contributed by atoms with Crippen molar-refractivity contribution in [2.75, 3.05) is 5.32 Å². The molecule has 0 aliphatic rings. The first-order valence-corrected chi connectivity index (χ1v) is 10.9. The number of hydrogen-bond acceptors (Lipinski definition) is 6. The molecular formula is C22H19F3N6O2S. The SMILES string of the molecule is C[C@H](N)C(=O)NCc1cccc(-n2nc(C(F)(F)F)cc2C(=O)Nc2ccc3ncsc3c2)c1. The molecule has 0 unspecified atom stereocenters. The number of amides is 2. The third-order valence-corrected chi connectivity index (χ3v) is 5.65. The van der Waals surface area contributed by atoms with Crippen LogP contribution in [0.2, 0.25) is 0 Å². The van der Waals surface area contributed by atoms with E-state index < -0.39 is 23.8 Å². The van der Waals surface area contributed by atoms with Gasteiger partial charge in [-0.2, -0.15) is 18.3 Å². The topological polar surface area (TPSA) is 115 Å². The third-order valence-electron chi connectivity index (χ3n) is 4.86. The molecule has 2 aromatic carbocycles. The Hall–Kier alpha value is -3.77. The predicted molar refractivity (Wildman–Crippen MR) is 122 cm³/mol. The highest BCUT2D eigenvalue weighted by Crippen LogP contribution is 2.30. The number of carbonyl (C=O) groups is 2. The number of nitrogens with two attached hydrogens (primary N) is 1. The van der Waals surface area contributed by atoms with Crippen molar-refractivity contribution in [2.45, 2.75) is 25.7 Å². The summed E-state index contributed by atoms with van der Waals surface area (Å²) < 4.78 is 42.0. The molecule has 0 aliphatic heterocycles. The van der Waals surface area contributed by atoms with Crippen LogP contribution in [0.5, 0.6) is 0 Å². The van der Waals surface area contributed by atoms with Crippen molar-refractivity contribution in [1.29, 1.82) is 0 Å². The van der Waals surface area contributed by atoms with Gasteiger partial charge in [0.1, 0.15) is 5.69 Å². The molecular weight excluding hydrogens is 469 g/mol. The van der Waals surface area contributed by atoms with E-state index in [1.54, 1.807) is 35.8 Å². The first-order valence-electron chi connectivity index (χ1n) is 10.1. The number of nitrogens with zero attached hydrogens (tertiary/aromatic N) is 3. The number of halogens is 3. The summed E-state index contributed by atoms with van der Waals surface area (Å²) >= 11 is 1.38. The maximum atomic E-state index is 13.4. The minimum Gasteiger partial charge on any atom is -0.351 e. The van der Waals surface area contributed by atoms with Crippen molar-refractivity contribution in [3.63, 3.8) is 0 Å². The van der Waals surface area contributed by atoms with E-state index in [-0.39, 0.29) is 23.8 Å². The predicted octanol–water partition coefficient (Wildman–Crippen LogP) is 3.72. The van der Waals surface area contributed by atoms with Gasteiger partial charge in [-0.25, -0.2) is 9.67 Å². The highest BCUT2D eigenvalue weighted by Gasteiger charge is 2.36. The van der Waals surface area contributed by atoms with E-state index in [9.17, 15) is 22.8 Å². The van der Waals surface area contributed by atoms with Crippen LogP contribution in [0.4, 0.5) is 18.9 Å². The van der Waals surface area contributed by atoms with Crippen molar-refractivity contribution in [3.8, 4) is 5.69 Å². The number of anilines is 1. The van der Waals surface area contributed by atoms with E-state index in [2.05, 4.69) is 20.7 Å². The second-order valence-corrected chi connectivity index (χ2v) is 8.38. The Labute approximate surface area is 195 Å². The Morgan fingerprint density at radius 3 is 2.71 bits per heavy atom. The molecule has 34 heavy (non-hydrogen) atoms. The maximum absolute atomic E-state index is 13.4. The average molecular weight is 488 g/mol. The molecule has 8 nitrogen and oxygen atoms in total. The minimum absolute atomic E-state index is 0.109. The summed E-state index contributed by atoms with van der Waals surface area (Å²) in [6, 6.07) is 11.3. The van der Waals surface area contributed by atoms with Crippen LogP contribution in [0.1, 0.15) is 28.7 Å². The molecule has 1 atom stereocenters. The van der Waals surface area contributed by atoms with Crippen molar-refractivity contribution >= 4 is 39.1 Å². The largest absolute Gasteiger partial charge is 0.435 e. The summed E-state index contributed by atoms with van der Waals surface area (Å²) in [4.78, 5) is 28.9. The zero-order chi connectivity index (χ0) is 24.5. The van der Waals surface area contributed by atoms with Gasteiger partial charge in [-0.15, -0.1) is 11.3 Å². The smallest absolute Gasteiger partial charge is 0.351 e. The zero-order valence-corrected chi connectivity index (χ0v) is 18.6. The van der Waals surface area contributed by atoms with Gasteiger partial charge in [0.15, 0.2) is 5.69 Å². The van der Waals surface area contributed by atoms with Gasteiger partial charge in [0, 0.05) is 18.3 Å². The second-order valence-electron chi connectivity index (χ2n) is 7.49. The van der Waals surface area contributed by atoms with Crippen LogP contribution < -0.4 is 16.4 Å². The summed E-state index contributed by atoms with van der Waals surface area (Å²) in [5.41, 5.74) is 7.67. The van der Waals surface area contributed by atoms with Gasteiger partial charge < -0.3 is 16.4 Å². The highest BCUT2D eigenvalue weighted by atomic mass is 32.1. The first-order chi connectivity index (χ1) is 16.1. The molecule has 0 saturated heterocycles. The number of carbonyl (C=O) groups excluding carboxylic acids is 2. The number of aromatic nitrogens is 3. The molecule has 0 fully saturated rings. The monoisotopic (exact) mass is 488 g/mol. The lowest BCUT2D eigenvalue weighted by Gasteiger charge is -2.11. The number of hydrogen-bond donors (Lipinski definition) is 3. The normalized spacial score (nSPS) is 12.5. The van der Waals surface area contributed by atoms with Gasteiger partial charge in [0.2, 0.25) is 5.91 Å². The number of alkyl halides is 3. The Kier molecular flexibility index (Phi) is 6.35. The van der Waals surface area contributed by atoms with Gasteiger partial charge >= 0.3 is 6.18 Å². The highest BCUT2D eigenvalue weighted by molar-refractivity contribution is 7.16. The van der Waals surface area contributed by atoms with E-state index in [1.165, 1.54) is 30.4 Å². The van der Waals surface area contributed by atoms with Crippen LogP contribution in [0.15, 0.2) is 54.0 Å². The lowest BCUT2D eigenvalue weighted by atomic mass is 10.2. The number of benzene rings is 2. The van der Waals surface area contributed by atoms with Gasteiger partial charge in [0.25, 0.3) is 5.91 Å². The standard InChI is InChI=1S/C22H19F3N6O2S/c1-12(26)20(32)27-10-13-3-2-4-15(7-13)31-17(9-19(30-31)22(23,24)25)21(33)29-14-5-6-16-18(8-14)34-11-28-16/h2-9,11-12H,10,26H2,1H3,(H,27,32)(H,29,33)/t12-/m0/s1. The molecule has 2 heterocycles. The Morgan fingerprint density at radius 2 is 1.97 bits per heavy atom. The van der Waals surface area contributed by atoms with Crippen LogP contribution in [0.3, 0.4) is 0 Å². The van der Waals surface area contributed by atoms with Crippen molar-refractivity contribution < 1.29 is 22.8 Å². The maximum Gasteiger partial charge on any atom is 0.435 e. The van der Waals surface area contributed by atoms with Gasteiger partial charge in [-0.3, -0.25) is 9.59 Å². The van der Waals surface area contributed by atoms with E-state index in [1.807, 2.05) is 0 Å². The van der Waals surface area contributed by atoms with E-state index in [0.717, 1.165) is 14.9 Å². The van der Waals surface area contributed by atoms with Gasteiger partial charge in [-0.1, -0.05) is 12.1 Å². The summed E-state index contributed by atoms with van der Waals surface area (Å²) in [5, 5.41) is 8.89. The molecule has 0 bridgehead atoms. The minimum atomic E-state index is -4.75. The van der Waals surface area contributed by atoms with Crippen LogP contribution >= 0.6 is 11.3 Å². The van der Waals surface area contributed by atoms with Gasteiger partial charge in [-0.05, 0) is 42.8 Å². The first kappa shape index (κ1) is 23.4. The fourth-order valence-electron chi connectivity index (χ4n) is 3.15. The molecule has 2 amide bonds. The lowest BCUT2D eigenvalue weighted by Crippen LogP contribution is -2.37. The number of fused-ring (bicyclic) bond motifs is 1. The summed E-state index contributed by atoms with van der Waals surface area (Å²) in [6.07, 6.45) is -4.75. The fourth-order valence-corrected chi connectivity index (χ4v) is 3.87. The molecule has 176 valence electrons. The quantitative estimate of drug-likeness (QED) is 0.383. The molecule has 0 saturated carbocycles. The fraction of sp³-hybridized carbons (Fsp3) is 0.182. The molecule has 0 aliphatic carbocycles. The van der Waals surface area contributed by atoms with Crippen molar-refractivity contribution in [3.05, 3.63) is 71.0 Å². The lowest BCUT2D eigenvalue weighted by molar-refractivity contribution is -0.141. The molecule has 4 rings (SSSR count). The summed E-state index contributed by atoms with van der Waals surface area (Å²) in [6.45, 7) is 1.64. The van der Waals surface area contributed by atoms with Crippen LogP contribution in [0, 0.1) is 0 Å². The number of thiazole rings is 1. The van der Waals surface area contributed by atoms with E-state index >= 15 is 0 Å². The third kappa shape index (κ3) is 5.07. The molecule has 2 aromatic heterocycles. The number of nitrogens with one attached hydrogen (secondary N) is 2. The zero-order valence-electron chi connectivity index (χ0n) is 17.8. The van der Waals surface area contributed by atoms with E-state index in [4.69, 9.17) is 5.73 Å². The molecule has 12 heteroatoms. The number of rotatable bonds is 6. The summed E-state index contributed by atoms with van der Waals surface area (Å²) in [7, 11) is 0.